The van der Waals surface area contributed by atoms with E-state index in [0.717, 1.165) is 0 Å². The molecule has 0 atom stereocenters. The van der Waals surface area contributed by atoms with Crippen molar-refractivity contribution >= 4 is 5.78 Å². The summed E-state index contributed by atoms with van der Waals surface area (Å²) in [5.41, 5.74) is 0. The first-order chi connectivity index (χ1) is 9.77. The van der Waals surface area contributed by atoms with Crippen LogP contribution in [-0.2, 0) is 4.79 Å². The second-order valence-electron chi connectivity index (χ2n) is 5.08. The average molecular weight is 274 g/mol. The van der Waals surface area contributed by atoms with Gasteiger partial charge in [-0.3, -0.25) is 4.79 Å². The second-order valence-corrected chi connectivity index (χ2v) is 5.08. The van der Waals surface area contributed by atoms with Crippen molar-refractivity contribution in [1.82, 2.24) is 0 Å². The first kappa shape index (κ1) is 18.6. The van der Waals surface area contributed by atoms with Gasteiger partial charge in [0, 0.05) is 0 Å². The lowest BCUT2D eigenvalue weighted by Gasteiger charge is -1.98. The average Bonchev–Trinajstić information content (AvgIpc) is 2.43. The second kappa shape index (κ2) is 15.7. The molecule has 0 aromatic heterocycles. The number of rotatable bonds is 12. The molecule has 0 saturated heterocycles. The minimum Gasteiger partial charge on any atom is -0.295 e. The van der Waals surface area contributed by atoms with Gasteiger partial charge in [-0.2, -0.15) is 0 Å². The Labute approximate surface area is 125 Å². The summed E-state index contributed by atoms with van der Waals surface area (Å²) in [5, 5.41) is 0. The molecule has 0 heterocycles. The summed E-state index contributed by atoms with van der Waals surface area (Å²) in [6, 6.07) is 0. The van der Waals surface area contributed by atoms with E-state index in [1.165, 1.54) is 51.4 Å². The molecule has 20 heavy (non-hydrogen) atoms. The van der Waals surface area contributed by atoms with Gasteiger partial charge in [0.15, 0.2) is 5.78 Å². The maximum absolute atomic E-state index is 10.6. The summed E-state index contributed by atoms with van der Waals surface area (Å²) in [5.74, 6) is 0.0771. The van der Waals surface area contributed by atoms with Gasteiger partial charge in [0.25, 0.3) is 0 Å². The highest BCUT2D eigenvalue weighted by molar-refractivity contribution is 5.87. The van der Waals surface area contributed by atoms with Crippen LogP contribution in [0.1, 0.15) is 65.2 Å². The Balaban J connectivity index is 3.41. The largest absolute Gasteiger partial charge is 0.295 e. The van der Waals surface area contributed by atoms with E-state index >= 15 is 0 Å². The minimum atomic E-state index is 0.0771. The number of hydrogen-bond acceptors (Lipinski definition) is 1. The molecule has 0 saturated carbocycles. The van der Waals surface area contributed by atoms with E-state index < -0.39 is 0 Å². The van der Waals surface area contributed by atoms with Gasteiger partial charge in [0.05, 0.1) is 0 Å². The van der Waals surface area contributed by atoms with Gasteiger partial charge in [-0.25, -0.2) is 0 Å². The number of allylic oxidation sites excluding steroid dienone is 8. The van der Waals surface area contributed by atoms with Crippen molar-refractivity contribution < 1.29 is 4.79 Å². The number of ketones is 1. The van der Waals surface area contributed by atoms with Crippen LogP contribution < -0.4 is 0 Å². The lowest BCUT2D eigenvalue weighted by Crippen LogP contribution is -1.78. The van der Waals surface area contributed by atoms with Crippen LogP contribution in [0.4, 0.5) is 0 Å². The highest BCUT2D eigenvalue weighted by Crippen LogP contribution is 2.08. The van der Waals surface area contributed by atoms with Gasteiger partial charge >= 0.3 is 0 Å². The molecule has 0 unspecified atom stereocenters. The number of unbranched alkanes of at least 4 members (excludes halogenated alkanes) is 7. The molecule has 0 N–H and O–H groups in total. The van der Waals surface area contributed by atoms with Crippen LogP contribution in [0.3, 0.4) is 0 Å². The molecule has 1 heteroatoms. The standard InChI is InChI=1S/C19H30O/c1-3-4-5-6-7-8-9-10-11-12-13-14-15-16-17-18-19(2)20/h11-18H,3-10H2,1-2H3. The number of carbonyl (C=O) groups excluding carboxylic acids is 1. The minimum absolute atomic E-state index is 0.0771. The zero-order chi connectivity index (χ0) is 14.9. The molecule has 0 bridgehead atoms. The molecule has 0 aromatic rings. The summed E-state index contributed by atoms with van der Waals surface area (Å²) < 4.78 is 0. The molecule has 0 aliphatic rings. The van der Waals surface area contributed by atoms with Gasteiger partial charge in [-0.05, 0) is 25.8 Å². The van der Waals surface area contributed by atoms with Crippen molar-refractivity contribution in [3.05, 3.63) is 48.6 Å². The first-order valence-electron chi connectivity index (χ1n) is 7.94. The van der Waals surface area contributed by atoms with E-state index in [9.17, 15) is 4.79 Å². The van der Waals surface area contributed by atoms with Crippen LogP contribution in [0.15, 0.2) is 48.6 Å². The summed E-state index contributed by atoms with van der Waals surface area (Å²) in [4.78, 5) is 10.6. The van der Waals surface area contributed by atoms with Gasteiger partial charge in [-0.15, -0.1) is 0 Å². The van der Waals surface area contributed by atoms with E-state index in [1.807, 2.05) is 24.3 Å². The summed E-state index contributed by atoms with van der Waals surface area (Å²) >= 11 is 0. The van der Waals surface area contributed by atoms with Crippen molar-refractivity contribution in [3.8, 4) is 0 Å². The Morgan fingerprint density at radius 1 is 0.750 bits per heavy atom. The van der Waals surface area contributed by atoms with Crippen molar-refractivity contribution in [3.63, 3.8) is 0 Å². The van der Waals surface area contributed by atoms with E-state index in [-0.39, 0.29) is 5.78 Å². The summed E-state index contributed by atoms with van der Waals surface area (Å²) in [7, 11) is 0. The fourth-order valence-corrected chi connectivity index (χ4v) is 1.84. The van der Waals surface area contributed by atoms with Gasteiger partial charge < -0.3 is 0 Å². The van der Waals surface area contributed by atoms with Gasteiger partial charge in [-0.1, -0.05) is 88.0 Å². The molecule has 0 aliphatic carbocycles. The third-order valence-electron chi connectivity index (χ3n) is 3.00. The first-order valence-corrected chi connectivity index (χ1v) is 7.94. The molecule has 0 spiro atoms. The third kappa shape index (κ3) is 16.6. The van der Waals surface area contributed by atoms with Crippen LogP contribution in [0.2, 0.25) is 0 Å². The molecular formula is C19H30O. The van der Waals surface area contributed by atoms with Crippen molar-refractivity contribution in [1.29, 1.82) is 0 Å². The molecule has 1 nitrogen and oxygen atoms in total. The van der Waals surface area contributed by atoms with E-state index in [4.69, 9.17) is 0 Å². The zero-order valence-corrected chi connectivity index (χ0v) is 13.2. The summed E-state index contributed by atoms with van der Waals surface area (Å²) in [6.45, 7) is 3.81. The highest BCUT2D eigenvalue weighted by Gasteiger charge is 1.88. The van der Waals surface area contributed by atoms with Crippen molar-refractivity contribution in [2.24, 2.45) is 0 Å². The van der Waals surface area contributed by atoms with Crippen LogP contribution in [0, 0.1) is 0 Å². The quantitative estimate of drug-likeness (QED) is 0.244. The topological polar surface area (TPSA) is 17.1 Å². The fourth-order valence-electron chi connectivity index (χ4n) is 1.84. The SMILES string of the molecule is CCCCCCCCCC=CC=CC=CC=CC(C)=O. The Bertz CT molecular complexity index is 332. The van der Waals surface area contributed by atoms with Crippen molar-refractivity contribution in [2.45, 2.75) is 65.2 Å². The number of hydrogen-bond donors (Lipinski definition) is 0. The van der Waals surface area contributed by atoms with Gasteiger partial charge in [0.2, 0.25) is 0 Å². The number of carbonyl (C=O) groups is 1. The predicted octanol–water partition coefficient (Wildman–Crippen LogP) is 5.94. The molecule has 0 fully saturated rings. The molecule has 0 radical (unpaired) electrons. The maximum atomic E-state index is 10.6. The normalized spacial score (nSPS) is 12.5. The van der Waals surface area contributed by atoms with Crippen LogP contribution in [0.25, 0.3) is 0 Å². The van der Waals surface area contributed by atoms with Crippen molar-refractivity contribution in [2.75, 3.05) is 0 Å². The zero-order valence-electron chi connectivity index (χ0n) is 13.2. The maximum Gasteiger partial charge on any atom is 0.152 e. The summed E-state index contributed by atoms with van der Waals surface area (Å²) in [6.07, 6.45) is 26.2. The smallest absolute Gasteiger partial charge is 0.152 e. The highest BCUT2D eigenvalue weighted by atomic mass is 16.1. The molecule has 0 aliphatic heterocycles. The fraction of sp³-hybridized carbons (Fsp3) is 0.526. The molecular weight excluding hydrogens is 244 g/mol. The van der Waals surface area contributed by atoms with E-state index in [0.29, 0.717) is 0 Å². The molecule has 0 aromatic carbocycles. The van der Waals surface area contributed by atoms with Crippen LogP contribution in [-0.4, -0.2) is 5.78 Å². The molecule has 0 rings (SSSR count). The van der Waals surface area contributed by atoms with Crippen LogP contribution >= 0.6 is 0 Å². The molecule has 112 valence electrons. The van der Waals surface area contributed by atoms with E-state index in [2.05, 4.69) is 19.1 Å². The Morgan fingerprint density at radius 2 is 1.30 bits per heavy atom. The lowest BCUT2D eigenvalue weighted by molar-refractivity contribution is -0.112. The lowest BCUT2D eigenvalue weighted by atomic mass is 10.1. The Morgan fingerprint density at radius 3 is 1.95 bits per heavy atom. The Hall–Kier alpha value is -1.37. The molecule has 0 amide bonds. The third-order valence-corrected chi connectivity index (χ3v) is 3.00. The monoisotopic (exact) mass is 274 g/mol. The van der Waals surface area contributed by atoms with Gasteiger partial charge in [0.1, 0.15) is 0 Å². The Kier molecular flexibility index (Phi) is 14.6. The van der Waals surface area contributed by atoms with E-state index in [1.54, 1.807) is 19.1 Å². The van der Waals surface area contributed by atoms with Crippen LogP contribution in [0.5, 0.6) is 0 Å². The predicted molar refractivity (Wildman–Crippen MR) is 89.9 cm³/mol.